The predicted octanol–water partition coefficient (Wildman–Crippen LogP) is 1.58. The fourth-order valence-corrected chi connectivity index (χ4v) is 1.93. The lowest BCUT2D eigenvalue weighted by Crippen LogP contribution is -2.11. The number of carboxylic acid groups (broad SMARTS) is 2. The molecule has 0 aliphatic carbocycles. The van der Waals surface area contributed by atoms with Crippen molar-refractivity contribution in [2.45, 2.75) is 18.9 Å². The molecule has 0 aliphatic rings. The monoisotopic (exact) mass is 302 g/mol. The molecule has 0 fully saturated rings. The molecule has 1 atom stereocenters. The van der Waals surface area contributed by atoms with Gasteiger partial charge in [0.25, 0.3) is 0 Å². The molecule has 0 aliphatic heterocycles. The molecule has 0 bridgehead atoms. The van der Waals surface area contributed by atoms with Gasteiger partial charge >= 0.3 is 11.9 Å². The number of carbonyl (C=O) groups is 2. The lowest BCUT2D eigenvalue weighted by Gasteiger charge is -2.09. The first-order chi connectivity index (χ1) is 7.90. The Kier molecular flexibility index (Phi) is 4.65. The molecule has 92 valence electrons. The zero-order valence-electron chi connectivity index (χ0n) is 8.76. The van der Waals surface area contributed by atoms with Gasteiger partial charge in [-0.25, -0.2) is 4.79 Å². The molecule has 0 heterocycles. The first kappa shape index (κ1) is 13.7. The van der Waals surface area contributed by atoms with Gasteiger partial charge in [-0.15, -0.1) is 0 Å². The Balaban J connectivity index is 2.93. The van der Waals surface area contributed by atoms with Gasteiger partial charge in [-0.05, 0) is 29.7 Å². The van der Waals surface area contributed by atoms with E-state index in [9.17, 15) is 14.7 Å². The summed E-state index contributed by atoms with van der Waals surface area (Å²) in [4.78, 5) is 21.1. The fraction of sp³-hybridized carbons (Fsp3) is 0.273. The van der Waals surface area contributed by atoms with Crippen LogP contribution in [0, 0.1) is 0 Å². The van der Waals surface area contributed by atoms with E-state index >= 15 is 0 Å². The smallest absolute Gasteiger partial charge is 0.337 e. The molecule has 0 saturated heterocycles. The maximum atomic E-state index is 10.6. The van der Waals surface area contributed by atoms with Crippen LogP contribution in [0.1, 0.15) is 23.7 Å². The van der Waals surface area contributed by atoms with E-state index in [2.05, 4.69) is 15.9 Å². The second-order valence-corrected chi connectivity index (χ2v) is 4.44. The van der Waals surface area contributed by atoms with E-state index in [-0.39, 0.29) is 18.4 Å². The number of carboxylic acids is 2. The highest BCUT2D eigenvalue weighted by atomic mass is 79.9. The Morgan fingerprint density at radius 3 is 2.41 bits per heavy atom. The molecule has 0 saturated carbocycles. The summed E-state index contributed by atoms with van der Waals surface area (Å²) in [5.74, 6) is -2.27. The highest BCUT2D eigenvalue weighted by Gasteiger charge is 2.17. The average Bonchev–Trinajstić information content (AvgIpc) is 2.24. The second kappa shape index (κ2) is 5.79. The largest absolute Gasteiger partial charge is 0.481 e. The van der Waals surface area contributed by atoms with Crippen molar-refractivity contribution in [2.75, 3.05) is 0 Å². The van der Waals surface area contributed by atoms with E-state index in [0.717, 1.165) is 0 Å². The fourth-order valence-electron chi connectivity index (χ4n) is 1.37. The maximum absolute atomic E-state index is 10.6. The molecule has 1 aromatic rings. The van der Waals surface area contributed by atoms with Crippen LogP contribution in [0.2, 0.25) is 0 Å². The summed E-state index contributed by atoms with van der Waals surface area (Å²) >= 11 is 3.19. The van der Waals surface area contributed by atoms with Crippen molar-refractivity contribution in [1.29, 1.82) is 0 Å². The number of aliphatic hydroxyl groups excluding tert-OH is 1. The molecule has 5 nitrogen and oxygen atoms in total. The van der Waals surface area contributed by atoms with E-state index in [1.165, 1.54) is 12.1 Å². The lowest BCUT2D eigenvalue weighted by molar-refractivity contribution is -0.147. The Morgan fingerprint density at radius 2 is 1.88 bits per heavy atom. The van der Waals surface area contributed by atoms with Gasteiger partial charge in [-0.2, -0.15) is 0 Å². The van der Waals surface area contributed by atoms with Crippen LogP contribution in [0.25, 0.3) is 0 Å². The zero-order chi connectivity index (χ0) is 13.0. The lowest BCUT2D eigenvalue weighted by atomic mass is 10.0. The molecule has 0 aromatic heterocycles. The van der Waals surface area contributed by atoms with Crippen molar-refractivity contribution in [2.24, 2.45) is 0 Å². The molecule has 1 aromatic carbocycles. The first-order valence-electron chi connectivity index (χ1n) is 4.82. The van der Waals surface area contributed by atoms with Crippen molar-refractivity contribution < 1.29 is 24.9 Å². The number of rotatable bonds is 5. The summed E-state index contributed by atoms with van der Waals surface area (Å²) in [6.45, 7) is 0. The van der Waals surface area contributed by atoms with E-state index in [1.807, 2.05) is 0 Å². The van der Waals surface area contributed by atoms with Crippen LogP contribution in [0.4, 0.5) is 0 Å². The maximum Gasteiger partial charge on any atom is 0.337 e. The number of halogens is 1. The van der Waals surface area contributed by atoms with Crippen LogP contribution < -0.4 is 0 Å². The van der Waals surface area contributed by atoms with E-state index in [0.29, 0.717) is 10.0 Å². The standard InChI is InChI=1S/C11H11BrO5/c12-8-4-6(1-2-9(13)14)3-7(5-8)10(15)11(16)17/h3-5,10,15H,1-2H2,(H,13,14)(H,16,17). The van der Waals surface area contributed by atoms with Crippen LogP contribution >= 0.6 is 15.9 Å². The van der Waals surface area contributed by atoms with E-state index in [4.69, 9.17) is 10.2 Å². The minimum Gasteiger partial charge on any atom is -0.481 e. The number of hydrogen-bond donors (Lipinski definition) is 3. The van der Waals surface area contributed by atoms with Crippen LogP contribution in [0.15, 0.2) is 22.7 Å². The SMILES string of the molecule is O=C(O)CCc1cc(Br)cc(C(O)C(=O)O)c1. The van der Waals surface area contributed by atoms with Crippen molar-refractivity contribution in [3.63, 3.8) is 0 Å². The van der Waals surface area contributed by atoms with Crippen LogP contribution in [-0.4, -0.2) is 27.3 Å². The highest BCUT2D eigenvalue weighted by molar-refractivity contribution is 9.10. The molecule has 1 rings (SSSR count). The summed E-state index contributed by atoms with van der Waals surface area (Å²) in [7, 11) is 0. The third-order valence-electron chi connectivity index (χ3n) is 2.16. The van der Waals surface area contributed by atoms with Crippen molar-refractivity contribution in [3.05, 3.63) is 33.8 Å². The minimum atomic E-state index is -1.60. The van der Waals surface area contributed by atoms with Crippen molar-refractivity contribution >= 4 is 27.9 Å². The van der Waals surface area contributed by atoms with Gasteiger partial charge in [0.1, 0.15) is 0 Å². The molecule has 1 unspecified atom stereocenters. The Morgan fingerprint density at radius 1 is 1.24 bits per heavy atom. The Bertz CT molecular complexity index is 443. The quantitative estimate of drug-likeness (QED) is 0.767. The van der Waals surface area contributed by atoms with Gasteiger partial charge in [-0.3, -0.25) is 4.79 Å². The Labute approximate surface area is 106 Å². The van der Waals surface area contributed by atoms with Crippen LogP contribution in [0.3, 0.4) is 0 Å². The van der Waals surface area contributed by atoms with Gasteiger partial charge < -0.3 is 15.3 Å². The van der Waals surface area contributed by atoms with Crippen molar-refractivity contribution in [3.8, 4) is 0 Å². The third-order valence-corrected chi connectivity index (χ3v) is 2.61. The van der Waals surface area contributed by atoms with Gasteiger partial charge in [0.15, 0.2) is 6.10 Å². The van der Waals surface area contributed by atoms with Crippen molar-refractivity contribution in [1.82, 2.24) is 0 Å². The molecule has 3 N–H and O–H groups in total. The summed E-state index contributed by atoms with van der Waals surface area (Å²) in [5.41, 5.74) is 0.893. The summed E-state index contributed by atoms with van der Waals surface area (Å²) in [6.07, 6.45) is -1.36. The van der Waals surface area contributed by atoms with Gasteiger partial charge in [0, 0.05) is 10.9 Å². The Hall–Kier alpha value is -1.40. The minimum absolute atomic E-state index is 0.0426. The highest BCUT2D eigenvalue weighted by Crippen LogP contribution is 2.22. The van der Waals surface area contributed by atoms with Gasteiger partial charge in [0.05, 0.1) is 0 Å². The average molecular weight is 303 g/mol. The molecule has 0 amide bonds. The van der Waals surface area contributed by atoms with Gasteiger partial charge in [0.2, 0.25) is 0 Å². The molecular weight excluding hydrogens is 292 g/mol. The topological polar surface area (TPSA) is 94.8 Å². The second-order valence-electron chi connectivity index (χ2n) is 3.53. The number of aliphatic carboxylic acids is 2. The molecule has 6 heteroatoms. The number of hydrogen-bond acceptors (Lipinski definition) is 3. The molecule has 0 radical (unpaired) electrons. The number of aliphatic hydroxyl groups is 1. The number of aryl methyl sites for hydroxylation is 1. The number of benzene rings is 1. The molecule has 0 spiro atoms. The zero-order valence-corrected chi connectivity index (χ0v) is 10.3. The predicted molar refractivity (Wildman–Crippen MR) is 62.7 cm³/mol. The van der Waals surface area contributed by atoms with Gasteiger partial charge in [-0.1, -0.05) is 22.0 Å². The van der Waals surface area contributed by atoms with Crippen LogP contribution in [0.5, 0.6) is 0 Å². The van der Waals surface area contributed by atoms with E-state index < -0.39 is 18.0 Å². The molecule has 17 heavy (non-hydrogen) atoms. The summed E-state index contributed by atoms with van der Waals surface area (Å²) in [6, 6.07) is 4.68. The van der Waals surface area contributed by atoms with Crippen LogP contribution in [-0.2, 0) is 16.0 Å². The molecular formula is C11H11BrO5. The normalized spacial score (nSPS) is 12.1. The summed E-state index contributed by atoms with van der Waals surface area (Å²) in [5, 5.41) is 26.6. The third kappa shape index (κ3) is 4.16. The first-order valence-corrected chi connectivity index (χ1v) is 5.61. The van der Waals surface area contributed by atoms with E-state index in [1.54, 1.807) is 6.07 Å². The summed E-state index contributed by atoms with van der Waals surface area (Å²) < 4.78 is 0.607.